The number of hydrogen-bond acceptors (Lipinski definition) is 7. The normalized spacial score (nSPS) is 21.1. The standard InChI is InChI=1S/C23H18F6N2O5S2/c24-22(25,26)12-5-11(6-13(7-12)23(27,28)29)17-2-1-15(36-17)8-18-19(33)31(21(37)38-18)14-3-4-30(9-14)10-16(32)20(34)35/h1-2,5-8,14,16,32H,3-4,9-10H2,(H,34,35). The molecule has 1 aromatic heterocycles. The van der Waals surface area contributed by atoms with Crippen LogP contribution in [0.25, 0.3) is 17.4 Å². The zero-order valence-electron chi connectivity index (χ0n) is 19.0. The molecule has 0 saturated carbocycles. The lowest BCUT2D eigenvalue weighted by atomic mass is 10.0. The third kappa shape index (κ3) is 6.06. The number of thiocarbonyl (C=S) groups is 1. The Hall–Kier alpha value is -2.88. The second kappa shape index (κ2) is 10.4. The molecule has 38 heavy (non-hydrogen) atoms. The molecule has 204 valence electrons. The Morgan fingerprint density at radius 2 is 1.79 bits per heavy atom. The monoisotopic (exact) mass is 580 g/mol. The van der Waals surface area contributed by atoms with Gasteiger partial charge in [0.15, 0.2) is 6.10 Å². The average molecular weight is 581 g/mol. The highest BCUT2D eigenvalue weighted by Gasteiger charge is 2.41. The third-order valence-corrected chi connectivity index (χ3v) is 7.26. The molecule has 1 amide bonds. The first-order chi connectivity index (χ1) is 17.6. The van der Waals surface area contributed by atoms with Gasteiger partial charge >= 0.3 is 18.3 Å². The predicted molar refractivity (Wildman–Crippen MR) is 128 cm³/mol. The number of carboxylic acids is 1. The van der Waals surface area contributed by atoms with Gasteiger partial charge in [0, 0.05) is 31.3 Å². The number of likely N-dealkylation sites (tertiary alicyclic amines) is 1. The van der Waals surface area contributed by atoms with Gasteiger partial charge in [0.2, 0.25) is 0 Å². The van der Waals surface area contributed by atoms with E-state index in [1.807, 2.05) is 0 Å². The molecule has 0 aliphatic carbocycles. The third-order valence-electron chi connectivity index (χ3n) is 5.92. The SMILES string of the molecule is O=C(O)C(O)CN1CCC(N2C(=O)C(=Cc3ccc(-c4cc(C(F)(F)F)cc(C(F)(F)F)c4)o3)SC2=S)C1. The van der Waals surface area contributed by atoms with Crippen molar-refractivity contribution in [2.45, 2.75) is 30.9 Å². The second-order valence-corrected chi connectivity index (χ2v) is 10.3. The summed E-state index contributed by atoms with van der Waals surface area (Å²) < 4.78 is 84.8. The van der Waals surface area contributed by atoms with Gasteiger partial charge in [-0.3, -0.25) is 14.6 Å². The van der Waals surface area contributed by atoms with Crippen molar-refractivity contribution in [2.75, 3.05) is 19.6 Å². The van der Waals surface area contributed by atoms with Crippen LogP contribution < -0.4 is 0 Å². The molecule has 4 rings (SSSR count). The van der Waals surface area contributed by atoms with Crippen molar-refractivity contribution in [2.24, 2.45) is 0 Å². The summed E-state index contributed by atoms with van der Waals surface area (Å²) in [6.07, 6.45) is -9.82. The summed E-state index contributed by atoms with van der Waals surface area (Å²) in [5.74, 6) is -2.07. The molecule has 0 spiro atoms. The van der Waals surface area contributed by atoms with E-state index >= 15 is 0 Å². The summed E-state index contributed by atoms with van der Waals surface area (Å²) in [6.45, 7) is 0.604. The van der Waals surface area contributed by atoms with E-state index in [1.54, 1.807) is 4.90 Å². The highest BCUT2D eigenvalue weighted by atomic mass is 32.2. The number of rotatable bonds is 6. The van der Waals surface area contributed by atoms with E-state index in [4.69, 9.17) is 21.7 Å². The van der Waals surface area contributed by atoms with Crippen LogP contribution in [0.2, 0.25) is 0 Å². The van der Waals surface area contributed by atoms with Crippen molar-refractivity contribution in [3.8, 4) is 11.3 Å². The van der Waals surface area contributed by atoms with Gasteiger partial charge in [0.05, 0.1) is 22.1 Å². The van der Waals surface area contributed by atoms with Crippen molar-refractivity contribution < 1.29 is 50.6 Å². The predicted octanol–water partition coefficient (Wildman–Crippen LogP) is 4.71. The van der Waals surface area contributed by atoms with E-state index < -0.39 is 47.0 Å². The number of furan rings is 1. The van der Waals surface area contributed by atoms with Gasteiger partial charge in [-0.2, -0.15) is 26.3 Å². The lowest BCUT2D eigenvalue weighted by Gasteiger charge is -2.23. The van der Waals surface area contributed by atoms with Gasteiger partial charge in [-0.25, -0.2) is 4.79 Å². The molecule has 2 aromatic rings. The smallest absolute Gasteiger partial charge is 0.416 e. The highest BCUT2D eigenvalue weighted by molar-refractivity contribution is 8.26. The van der Waals surface area contributed by atoms with Gasteiger partial charge in [0.25, 0.3) is 5.91 Å². The fourth-order valence-corrected chi connectivity index (χ4v) is 5.50. The molecule has 2 N–H and O–H groups in total. The number of alkyl halides is 6. The fourth-order valence-electron chi connectivity index (χ4n) is 4.12. The molecule has 7 nitrogen and oxygen atoms in total. The number of carboxylic acid groups (broad SMARTS) is 1. The van der Waals surface area contributed by atoms with Crippen molar-refractivity contribution in [1.82, 2.24) is 9.80 Å². The molecule has 15 heteroatoms. The molecule has 0 radical (unpaired) electrons. The van der Waals surface area contributed by atoms with Crippen LogP contribution in [0.4, 0.5) is 26.3 Å². The summed E-state index contributed by atoms with van der Waals surface area (Å²) in [6, 6.07) is 3.25. The minimum absolute atomic E-state index is 0.0177. The highest BCUT2D eigenvalue weighted by Crippen LogP contribution is 2.40. The number of carbonyl (C=O) groups excluding carboxylic acids is 1. The van der Waals surface area contributed by atoms with Gasteiger partial charge in [0.1, 0.15) is 15.8 Å². The van der Waals surface area contributed by atoms with Gasteiger partial charge in [-0.05, 0) is 36.8 Å². The van der Waals surface area contributed by atoms with Gasteiger partial charge in [-0.1, -0.05) is 24.0 Å². The first-order valence-corrected chi connectivity index (χ1v) is 12.2. The number of aliphatic carboxylic acids is 1. The number of carbonyl (C=O) groups is 2. The van der Waals surface area contributed by atoms with E-state index in [0.29, 0.717) is 25.1 Å². The number of benzene rings is 1. The van der Waals surface area contributed by atoms with E-state index in [2.05, 4.69) is 0 Å². The van der Waals surface area contributed by atoms with E-state index in [-0.39, 0.29) is 45.9 Å². The summed E-state index contributed by atoms with van der Waals surface area (Å²) in [4.78, 5) is 27.1. The number of nitrogens with zero attached hydrogens (tertiary/aromatic N) is 2. The Bertz CT molecular complexity index is 1270. The number of hydrogen-bond donors (Lipinski definition) is 2. The summed E-state index contributed by atoms with van der Waals surface area (Å²) >= 11 is 6.27. The molecule has 2 fully saturated rings. The number of β-amino-alcohol motifs (C(OH)–C–C–N with tert-alkyl or cyclic N) is 1. The number of halogens is 6. The van der Waals surface area contributed by atoms with E-state index in [9.17, 15) is 41.0 Å². The van der Waals surface area contributed by atoms with Gasteiger partial charge < -0.3 is 14.6 Å². The Labute approximate surface area is 220 Å². The average Bonchev–Trinajstić information content (AvgIpc) is 3.52. The molecule has 2 aliphatic heterocycles. The molecule has 0 bridgehead atoms. The Kier molecular flexibility index (Phi) is 7.67. The number of amides is 1. The van der Waals surface area contributed by atoms with Crippen LogP contribution in [0, 0.1) is 0 Å². The molecule has 2 atom stereocenters. The van der Waals surface area contributed by atoms with Crippen molar-refractivity contribution >= 4 is 46.3 Å². The first-order valence-electron chi connectivity index (χ1n) is 10.9. The van der Waals surface area contributed by atoms with E-state index in [1.165, 1.54) is 23.1 Å². The maximum Gasteiger partial charge on any atom is 0.416 e. The second-order valence-electron chi connectivity index (χ2n) is 8.60. The molecule has 2 aliphatic rings. The maximum atomic E-state index is 13.2. The van der Waals surface area contributed by atoms with Crippen LogP contribution in [0.3, 0.4) is 0 Å². The van der Waals surface area contributed by atoms with Crippen molar-refractivity contribution in [3.63, 3.8) is 0 Å². The van der Waals surface area contributed by atoms with Crippen LogP contribution >= 0.6 is 24.0 Å². The maximum absolute atomic E-state index is 13.2. The quantitative estimate of drug-likeness (QED) is 0.289. The van der Waals surface area contributed by atoms with Crippen LogP contribution in [0.15, 0.2) is 39.7 Å². The first kappa shape index (κ1) is 28.1. The minimum atomic E-state index is -5.01. The van der Waals surface area contributed by atoms with E-state index in [0.717, 1.165) is 11.8 Å². The molecule has 3 heterocycles. The van der Waals surface area contributed by atoms with Gasteiger partial charge in [-0.15, -0.1) is 0 Å². The number of aliphatic hydroxyl groups is 1. The Morgan fingerprint density at radius 3 is 2.37 bits per heavy atom. The Balaban J connectivity index is 1.53. The molecule has 1 aromatic carbocycles. The number of aliphatic hydroxyl groups excluding tert-OH is 1. The Morgan fingerprint density at radius 1 is 1.16 bits per heavy atom. The molecular weight excluding hydrogens is 562 g/mol. The van der Waals surface area contributed by atoms with Crippen LogP contribution in [-0.4, -0.2) is 68.0 Å². The largest absolute Gasteiger partial charge is 0.479 e. The molecule has 2 saturated heterocycles. The van der Waals surface area contributed by atoms with Crippen molar-refractivity contribution in [1.29, 1.82) is 0 Å². The summed E-state index contributed by atoms with van der Waals surface area (Å²) in [5.41, 5.74) is -3.40. The summed E-state index contributed by atoms with van der Waals surface area (Å²) in [5, 5.41) is 18.4. The lowest BCUT2D eigenvalue weighted by molar-refractivity contribution is -0.147. The zero-order chi connectivity index (χ0) is 28.0. The van der Waals surface area contributed by atoms with Crippen LogP contribution in [-0.2, 0) is 21.9 Å². The van der Waals surface area contributed by atoms with Crippen molar-refractivity contribution in [3.05, 3.63) is 52.1 Å². The summed E-state index contributed by atoms with van der Waals surface area (Å²) in [7, 11) is 0. The molecule has 2 unspecified atom stereocenters. The zero-order valence-corrected chi connectivity index (χ0v) is 20.7. The van der Waals surface area contributed by atoms with Crippen LogP contribution in [0.1, 0.15) is 23.3 Å². The molecular formula is C23H18F6N2O5S2. The lowest BCUT2D eigenvalue weighted by Crippen LogP contribution is -2.42. The topological polar surface area (TPSA) is 94.2 Å². The minimum Gasteiger partial charge on any atom is -0.479 e. The number of thioether (sulfide) groups is 1. The van der Waals surface area contributed by atoms with Crippen LogP contribution in [0.5, 0.6) is 0 Å². The fraction of sp³-hybridized carbons (Fsp3) is 0.348.